The van der Waals surface area contributed by atoms with Crippen LogP contribution in [0.3, 0.4) is 0 Å². The number of hydrogen-bond donors (Lipinski definition) is 2. The van der Waals surface area contributed by atoms with E-state index in [2.05, 4.69) is 36.4 Å². The largest absolute Gasteiger partial charge is 0.478 e. The summed E-state index contributed by atoms with van der Waals surface area (Å²) in [4.78, 5) is 14.6. The average Bonchev–Trinajstić information content (AvgIpc) is 2.97. The molecule has 0 aromatic heterocycles. The van der Waals surface area contributed by atoms with Crippen LogP contribution in [0.2, 0.25) is 0 Å². The highest BCUT2D eigenvalue weighted by Crippen LogP contribution is 2.66. The number of aliphatic hydroxyl groups is 1. The van der Waals surface area contributed by atoms with Crippen LogP contribution in [0.25, 0.3) is 0 Å². The highest BCUT2D eigenvalue weighted by Gasteiger charge is 2.57. The van der Waals surface area contributed by atoms with Crippen LogP contribution >= 0.6 is 19.0 Å². The van der Waals surface area contributed by atoms with Crippen molar-refractivity contribution < 1.29 is 19.4 Å². The van der Waals surface area contributed by atoms with Crippen LogP contribution in [0.15, 0.2) is 131 Å². The molecular formula is C32H33NO4PS+. The molecule has 3 N–H and O–H groups in total. The molecule has 0 bridgehead atoms. The second-order valence-corrected chi connectivity index (χ2v) is 13.1. The molecule has 1 atom stereocenters. The van der Waals surface area contributed by atoms with Gasteiger partial charge in [0, 0.05) is 10.6 Å². The lowest BCUT2D eigenvalue weighted by molar-refractivity contribution is -0.141. The molecule has 0 aliphatic heterocycles. The molecule has 0 heterocycles. The van der Waals surface area contributed by atoms with Gasteiger partial charge in [0.25, 0.3) is 0 Å². The molecule has 0 aliphatic rings. The second kappa shape index (κ2) is 13.4. The first-order chi connectivity index (χ1) is 19.0. The van der Waals surface area contributed by atoms with Crippen molar-refractivity contribution in [2.45, 2.75) is 24.0 Å². The number of nitrogen functional groups attached to an aromatic ring is 1. The number of carbonyl (C=O) groups is 1. The van der Waals surface area contributed by atoms with Gasteiger partial charge in [-0.1, -0.05) is 66.7 Å². The Labute approximate surface area is 235 Å². The van der Waals surface area contributed by atoms with Gasteiger partial charge in [-0.15, -0.1) is 11.8 Å². The van der Waals surface area contributed by atoms with Gasteiger partial charge in [0.2, 0.25) is 0 Å². The number of carbonyl (C=O) groups excluding carboxylic acids is 1. The Morgan fingerprint density at radius 3 is 1.62 bits per heavy atom. The third-order valence-electron chi connectivity index (χ3n) is 6.20. The van der Waals surface area contributed by atoms with Crippen molar-refractivity contribution >= 4 is 46.6 Å². The Balaban J connectivity index is 2.15. The van der Waals surface area contributed by atoms with Gasteiger partial charge in [-0.3, -0.25) is 4.79 Å². The van der Waals surface area contributed by atoms with E-state index in [-0.39, 0.29) is 19.2 Å². The van der Waals surface area contributed by atoms with Crippen molar-refractivity contribution in [3.05, 3.63) is 127 Å². The molecule has 0 fully saturated rings. The van der Waals surface area contributed by atoms with E-state index in [9.17, 15) is 9.90 Å². The summed E-state index contributed by atoms with van der Waals surface area (Å²) in [6.45, 7) is 4.00. The molecule has 0 amide bonds. The van der Waals surface area contributed by atoms with E-state index < -0.39 is 18.5 Å². The lowest BCUT2D eigenvalue weighted by Gasteiger charge is -2.32. The van der Waals surface area contributed by atoms with Crippen LogP contribution in [0, 0.1) is 0 Å². The van der Waals surface area contributed by atoms with Gasteiger partial charge in [0.1, 0.15) is 23.2 Å². The van der Waals surface area contributed by atoms with Gasteiger partial charge in [0.05, 0.1) is 13.2 Å². The first kappa shape index (κ1) is 28.3. The summed E-state index contributed by atoms with van der Waals surface area (Å²) in [6, 6.07) is 37.5. The Morgan fingerprint density at radius 2 is 1.18 bits per heavy atom. The standard InChI is InChI=1S/C32H32NO4PS/c1-3-36-31(34)29(30(32(35)37-4-2)39-28-23-15-14-22-27(28)33)38(24-16-8-5-9-17-24,25-18-10-6-11-19-25)26-20-12-7-13-21-26/h5-23,30H,3-4,33H2,1-2H3/p+1/b31-29+. The van der Waals surface area contributed by atoms with Gasteiger partial charge in [-0.25, -0.2) is 0 Å². The molecule has 0 saturated carbocycles. The molecule has 1 unspecified atom stereocenters. The first-order valence-electron chi connectivity index (χ1n) is 12.8. The maximum atomic E-state index is 13.9. The summed E-state index contributed by atoms with van der Waals surface area (Å²) in [5.74, 6) is -0.748. The molecule has 0 saturated heterocycles. The summed E-state index contributed by atoms with van der Waals surface area (Å²) in [5.41, 5.74) is 6.88. The Bertz CT molecular complexity index is 1300. The Morgan fingerprint density at radius 1 is 0.744 bits per heavy atom. The van der Waals surface area contributed by atoms with E-state index in [1.54, 1.807) is 13.0 Å². The topological polar surface area (TPSA) is 81.8 Å². The number of ether oxygens (including phenoxy) is 2. The van der Waals surface area contributed by atoms with Crippen molar-refractivity contribution in [3.63, 3.8) is 0 Å². The maximum absolute atomic E-state index is 13.9. The smallest absolute Gasteiger partial charge is 0.327 e. The lowest BCUT2D eigenvalue weighted by atomic mass is 10.3. The van der Waals surface area contributed by atoms with Crippen LogP contribution in [0.4, 0.5) is 5.69 Å². The van der Waals surface area contributed by atoms with Crippen LogP contribution in [0.1, 0.15) is 13.8 Å². The summed E-state index contributed by atoms with van der Waals surface area (Å²) in [5, 5.41) is 14.2. The number of benzene rings is 4. The molecule has 39 heavy (non-hydrogen) atoms. The van der Waals surface area contributed by atoms with Crippen LogP contribution in [-0.4, -0.2) is 29.5 Å². The van der Waals surface area contributed by atoms with Gasteiger partial charge in [0.15, 0.2) is 10.6 Å². The van der Waals surface area contributed by atoms with Crippen LogP contribution < -0.4 is 21.6 Å². The summed E-state index contributed by atoms with van der Waals surface area (Å²) in [7, 11) is -2.89. The normalized spacial score (nSPS) is 12.8. The Hall–Kier alpha value is -3.73. The van der Waals surface area contributed by atoms with E-state index in [0.29, 0.717) is 15.9 Å². The van der Waals surface area contributed by atoms with Crippen molar-refractivity contribution in [1.82, 2.24) is 0 Å². The molecule has 4 rings (SSSR count). The minimum absolute atomic E-state index is 0.191. The molecule has 5 nitrogen and oxygen atoms in total. The summed E-state index contributed by atoms with van der Waals surface area (Å²) >= 11 is 1.27. The number of esters is 1. The number of anilines is 1. The van der Waals surface area contributed by atoms with Crippen molar-refractivity contribution in [3.8, 4) is 0 Å². The molecular weight excluding hydrogens is 525 g/mol. The zero-order chi connectivity index (χ0) is 27.7. The number of hydrogen-bond acceptors (Lipinski definition) is 6. The Kier molecular flexibility index (Phi) is 9.69. The van der Waals surface area contributed by atoms with Gasteiger partial charge >= 0.3 is 11.9 Å². The van der Waals surface area contributed by atoms with Gasteiger partial charge in [-0.2, -0.15) is 0 Å². The van der Waals surface area contributed by atoms with Crippen LogP contribution in [0.5, 0.6) is 0 Å². The fraction of sp³-hybridized carbons (Fsp3) is 0.156. The van der Waals surface area contributed by atoms with E-state index >= 15 is 0 Å². The molecule has 7 heteroatoms. The monoisotopic (exact) mass is 558 g/mol. The number of thioether (sulfide) groups is 1. The zero-order valence-corrected chi connectivity index (χ0v) is 23.8. The predicted octanol–water partition coefficient (Wildman–Crippen LogP) is 6.05. The number of nitrogens with two attached hydrogens (primary N) is 1. The highest BCUT2D eigenvalue weighted by atomic mass is 32.2. The second-order valence-electron chi connectivity index (χ2n) is 8.59. The minimum Gasteiger partial charge on any atom is -0.478 e. The molecule has 4 aromatic rings. The average molecular weight is 559 g/mol. The number of rotatable bonds is 11. The molecule has 0 radical (unpaired) electrons. The third kappa shape index (κ3) is 5.98. The lowest BCUT2D eigenvalue weighted by Crippen LogP contribution is -2.38. The highest BCUT2D eigenvalue weighted by molar-refractivity contribution is 8.04. The predicted molar refractivity (Wildman–Crippen MR) is 164 cm³/mol. The fourth-order valence-corrected chi connectivity index (χ4v) is 10.6. The molecule has 200 valence electrons. The van der Waals surface area contributed by atoms with Gasteiger partial charge in [-0.05, 0) is 62.4 Å². The first-order valence-corrected chi connectivity index (χ1v) is 15.5. The SMILES string of the molecule is CCOC(=O)C(Sc1ccccc1N)/C(=C(/O)OCC)[P+](c1ccccc1)(c1ccccc1)c1ccccc1. The molecule has 0 spiro atoms. The fourth-order valence-electron chi connectivity index (χ4n) is 4.61. The van der Waals surface area contributed by atoms with E-state index in [4.69, 9.17) is 15.2 Å². The van der Waals surface area contributed by atoms with Crippen molar-refractivity contribution in [2.75, 3.05) is 18.9 Å². The minimum atomic E-state index is -2.89. The number of para-hydroxylation sites is 1. The van der Waals surface area contributed by atoms with E-state index in [1.807, 2.05) is 79.7 Å². The quantitative estimate of drug-likeness (QED) is 0.0767. The van der Waals surface area contributed by atoms with Crippen molar-refractivity contribution in [1.29, 1.82) is 0 Å². The summed E-state index contributed by atoms with van der Waals surface area (Å²) < 4.78 is 11.5. The molecule has 0 aliphatic carbocycles. The maximum Gasteiger partial charge on any atom is 0.327 e. The molecule has 4 aromatic carbocycles. The third-order valence-corrected chi connectivity index (χ3v) is 12.1. The zero-order valence-electron chi connectivity index (χ0n) is 22.1. The van der Waals surface area contributed by atoms with E-state index in [0.717, 1.165) is 15.9 Å². The van der Waals surface area contributed by atoms with Gasteiger partial charge < -0.3 is 20.3 Å². The number of aliphatic hydroxyl groups excluding tert-OH is 1. The summed E-state index contributed by atoms with van der Waals surface area (Å²) in [6.07, 6.45) is 0. The van der Waals surface area contributed by atoms with Crippen LogP contribution in [-0.2, 0) is 14.3 Å². The van der Waals surface area contributed by atoms with Crippen molar-refractivity contribution in [2.24, 2.45) is 0 Å². The van der Waals surface area contributed by atoms with E-state index in [1.165, 1.54) is 11.8 Å².